The maximum absolute atomic E-state index is 12.1. The van der Waals surface area contributed by atoms with Gasteiger partial charge in [0.15, 0.2) is 0 Å². The highest BCUT2D eigenvalue weighted by Gasteiger charge is 2.18. The number of hydrogen-bond donors (Lipinski definition) is 2. The van der Waals surface area contributed by atoms with Gasteiger partial charge in [0.25, 0.3) is 0 Å². The van der Waals surface area contributed by atoms with Gasteiger partial charge in [0.1, 0.15) is 6.26 Å². The third kappa shape index (κ3) is 3.36. The first-order chi connectivity index (χ1) is 10.6. The number of hydrogen-bond acceptors (Lipinski definition) is 4. The quantitative estimate of drug-likeness (QED) is 0.910. The SMILES string of the molecule is Cc1coc(-c2cc(NC(=O)CC3CCCN3)ccc2C)n1. The Balaban J connectivity index is 1.72. The summed E-state index contributed by atoms with van der Waals surface area (Å²) >= 11 is 0. The molecule has 0 saturated carbocycles. The molecule has 1 fully saturated rings. The number of nitrogens with one attached hydrogen (secondary N) is 2. The monoisotopic (exact) mass is 299 g/mol. The Labute approximate surface area is 130 Å². The Morgan fingerprint density at radius 3 is 3.00 bits per heavy atom. The zero-order chi connectivity index (χ0) is 15.5. The number of nitrogens with zero attached hydrogens (tertiary/aromatic N) is 1. The number of carbonyl (C=O) groups is 1. The van der Waals surface area contributed by atoms with E-state index in [9.17, 15) is 4.79 Å². The second-order valence-electron chi connectivity index (χ2n) is 5.87. The third-order valence-corrected chi connectivity index (χ3v) is 3.96. The lowest BCUT2D eigenvalue weighted by Gasteiger charge is -2.11. The fourth-order valence-electron chi connectivity index (χ4n) is 2.77. The van der Waals surface area contributed by atoms with Crippen molar-refractivity contribution in [1.29, 1.82) is 0 Å². The van der Waals surface area contributed by atoms with Crippen LogP contribution in [-0.4, -0.2) is 23.5 Å². The topological polar surface area (TPSA) is 67.2 Å². The van der Waals surface area contributed by atoms with Gasteiger partial charge in [0, 0.05) is 23.7 Å². The molecule has 1 aromatic heterocycles. The molecule has 2 N–H and O–H groups in total. The number of oxazole rings is 1. The molecular formula is C17H21N3O2. The van der Waals surface area contributed by atoms with E-state index in [4.69, 9.17) is 4.42 Å². The summed E-state index contributed by atoms with van der Waals surface area (Å²) in [6, 6.07) is 6.10. The van der Waals surface area contributed by atoms with Gasteiger partial charge in [-0.3, -0.25) is 4.79 Å². The van der Waals surface area contributed by atoms with E-state index in [1.54, 1.807) is 6.26 Å². The number of benzene rings is 1. The molecule has 2 aromatic rings. The molecule has 0 bridgehead atoms. The second-order valence-corrected chi connectivity index (χ2v) is 5.87. The summed E-state index contributed by atoms with van der Waals surface area (Å²) in [6.45, 7) is 4.90. The maximum atomic E-state index is 12.1. The lowest BCUT2D eigenvalue weighted by molar-refractivity contribution is -0.116. The molecule has 116 valence electrons. The van der Waals surface area contributed by atoms with Crippen molar-refractivity contribution < 1.29 is 9.21 Å². The summed E-state index contributed by atoms with van der Waals surface area (Å²) in [6.07, 6.45) is 4.37. The number of amides is 1. The van der Waals surface area contributed by atoms with Crippen LogP contribution in [0.15, 0.2) is 28.9 Å². The van der Waals surface area contributed by atoms with E-state index in [0.717, 1.165) is 41.9 Å². The second kappa shape index (κ2) is 6.32. The van der Waals surface area contributed by atoms with Gasteiger partial charge in [-0.05, 0) is 50.9 Å². The molecule has 22 heavy (non-hydrogen) atoms. The van der Waals surface area contributed by atoms with Gasteiger partial charge in [-0.15, -0.1) is 0 Å². The van der Waals surface area contributed by atoms with E-state index in [1.165, 1.54) is 0 Å². The molecule has 1 amide bonds. The zero-order valence-corrected chi connectivity index (χ0v) is 13.0. The first kappa shape index (κ1) is 14.8. The van der Waals surface area contributed by atoms with E-state index in [1.807, 2.05) is 32.0 Å². The highest BCUT2D eigenvalue weighted by Crippen LogP contribution is 2.26. The molecule has 2 heterocycles. The minimum Gasteiger partial charge on any atom is -0.444 e. The van der Waals surface area contributed by atoms with Crippen molar-refractivity contribution >= 4 is 11.6 Å². The van der Waals surface area contributed by atoms with E-state index in [0.29, 0.717) is 18.4 Å². The van der Waals surface area contributed by atoms with Crippen LogP contribution >= 0.6 is 0 Å². The fraction of sp³-hybridized carbons (Fsp3) is 0.412. The first-order valence-corrected chi connectivity index (χ1v) is 7.68. The van der Waals surface area contributed by atoms with Crippen molar-refractivity contribution in [2.45, 2.75) is 39.2 Å². The Morgan fingerprint density at radius 1 is 1.45 bits per heavy atom. The number of carbonyl (C=O) groups excluding carboxylic acids is 1. The van der Waals surface area contributed by atoms with Gasteiger partial charge >= 0.3 is 0 Å². The van der Waals surface area contributed by atoms with E-state index in [2.05, 4.69) is 15.6 Å². The Bertz CT molecular complexity index is 672. The molecule has 3 rings (SSSR count). The predicted octanol–water partition coefficient (Wildman–Crippen LogP) is 3.04. The van der Waals surface area contributed by atoms with Crippen molar-refractivity contribution in [3.05, 3.63) is 35.7 Å². The lowest BCUT2D eigenvalue weighted by atomic mass is 10.1. The van der Waals surface area contributed by atoms with Crippen molar-refractivity contribution in [1.82, 2.24) is 10.3 Å². The van der Waals surface area contributed by atoms with Crippen molar-refractivity contribution in [3.63, 3.8) is 0 Å². The summed E-state index contributed by atoms with van der Waals surface area (Å²) < 4.78 is 5.46. The molecule has 0 radical (unpaired) electrons. The average Bonchev–Trinajstić information content (AvgIpc) is 3.12. The van der Waals surface area contributed by atoms with Crippen LogP contribution in [0.1, 0.15) is 30.5 Å². The Morgan fingerprint density at radius 2 is 2.32 bits per heavy atom. The standard InChI is InChI=1S/C17H21N3O2/c1-11-5-6-14(8-15(11)17-19-12(2)10-22-17)20-16(21)9-13-4-3-7-18-13/h5-6,8,10,13,18H,3-4,7,9H2,1-2H3,(H,20,21). The van der Waals surface area contributed by atoms with Crippen LogP contribution < -0.4 is 10.6 Å². The Hall–Kier alpha value is -2.14. The highest BCUT2D eigenvalue weighted by molar-refractivity contribution is 5.91. The van der Waals surface area contributed by atoms with Crippen molar-refractivity contribution in [2.75, 3.05) is 11.9 Å². The molecule has 1 atom stereocenters. The minimum absolute atomic E-state index is 0.0396. The van der Waals surface area contributed by atoms with Gasteiger partial charge in [0.05, 0.1) is 5.69 Å². The van der Waals surface area contributed by atoms with Crippen molar-refractivity contribution in [2.24, 2.45) is 0 Å². The molecule has 1 aromatic carbocycles. The number of anilines is 1. The summed E-state index contributed by atoms with van der Waals surface area (Å²) in [5.74, 6) is 0.626. The minimum atomic E-state index is 0.0396. The molecule has 1 aliphatic rings. The third-order valence-electron chi connectivity index (χ3n) is 3.96. The number of aryl methyl sites for hydroxylation is 2. The predicted molar refractivity (Wildman–Crippen MR) is 85.7 cm³/mol. The van der Waals surface area contributed by atoms with Crippen LogP contribution in [0.2, 0.25) is 0 Å². The van der Waals surface area contributed by atoms with Crippen LogP contribution in [0.25, 0.3) is 11.5 Å². The van der Waals surface area contributed by atoms with Gasteiger partial charge in [-0.25, -0.2) is 4.98 Å². The molecule has 0 spiro atoms. The van der Waals surface area contributed by atoms with Gasteiger partial charge in [-0.2, -0.15) is 0 Å². The van der Waals surface area contributed by atoms with E-state index < -0.39 is 0 Å². The molecule has 1 unspecified atom stereocenters. The van der Waals surface area contributed by atoms with Crippen LogP contribution in [-0.2, 0) is 4.79 Å². The molecule has 0 aliphatic carbocycles. The normalized spacial score (nSPS) is 17.6. The van der Waals surface area contributed by atoms with Gasteiger partial charge in [0.2, 0.25) is 11.8 Å². The van der Waals surface area contributed by atoms with Crippen molar-refractivity contribution in [3.8, 4) is 11.5 Å². The van der Waals surface area contributed by atoms with E-state index >= 15 is 0 Å². The van der Waals surface area contributed by atoms with Crippen LogP contribution in [0.5, 0.6) is 0 Å². The molecule has 5 heteroatoms. The smallest absolute Gasteiger partial charge is 0.226 e. The largest absolute Gasteiger partial charge is 0.444 e. The number of aromatic nitrogens is 1. The zero-order valence-electron chi connectivity index (χ0n) is 13.0. The average molecular weight is 299 g/mol. The summed E-state index contributed by atoms with van der Waals surface area (Å²) in [5, 5.41) is 6.30. The van der Waals surface area contributed by atoms with Gasteiger partial charge < -0.3 is 15.1 Å². The summed E-state index contributed by atoms with van der Waals surface area (Å²) in [7, 11) is 0. The molecule has 5 nitrogen and oxygen atoms in total. The molecule has 1 aliphatic heterocycles. The van der Waals surface area contributed by atoms with Crippen LogP contribution in [0.3, 0.4) is 0 Å². The summed E-state index contributed by atoms with van der Waals surface area (Å²) in [5.41, 5.74) is 3.60. The number of rotatable bonds is 4. The van der Waals surface area contributed by atoms with Crippen LogP contribution in [0.4, 0.5) is 5.69 Å². The first-order valence-electron chi connectivity index (χ1n) is 7.68. The van der Waals surface area contributed by atoms with Gasteiger partial charge in [-0.1, -0.05) is 6.07 Å². The van der Waals surface area contributed by atoms with Crippen LogP contribution in [0, 0.1) is 13.8 Å². The molecule has 1 saturated heterocycles. The van der Waals surface area contributed by atoms with E-state index in [-0.39, 0.29) is 5.91 Å². The fourth-order valence-corrected chi connectivity index (χ4v) is 2.77. The highest BCUT2D eigenvalue weighted by atomic mass is 16.3. The Kier molecular flexibility index (Phi) is 4.24. The summed E-state index contributed by atoms with van der Waals surface area (Å²) in [4.78, 5) is 16.5. The lowest BCUT2D eigenvalue weighted by Crippen LogP contribution is -2.27. The molecular weight excluding hydrogens is 278 g/mol. The maximum Gasteiger partial charge on any atom is 0.226 e.